The molecule has 0 aliphatic rings. The van der Waals surface area contributed by atoms with Crippen LogP contribution in [0, 0.1) is 6.92 Å². The molecule has 7 heteroatoms. The summed E-state index contributed by atoms with van der Waals surface area (Å²) in [6, 6.07) is 15.9. The second-order valence-electron chi connectivity index (χ2n) is 6.60. The van der Waals surface area contributed by atoms with Gasteiger partial charge < -0.3 is 24.7 Å². The van der Waals surface area contributed by atoms with Gasteiger partial charge in [-0.05, 0) is 60.5 Å². The van der Waals surface area contributed by atoms with Crippen LogP contribution in [0.15, 0.2) is 65.3 Å². The number of amides is 3. The lowest BCUT2D eigenvalue weighted by Gasteiger charge is -2.19. The third-order valence-corrected chi connectivity index (χ3v) is 4.40. The highest BCUT2D eigenvalue weighted by atomic mass is 16.5. The summed E-state index contributed by atoms with van der Waals surface area (Å²) >= 11 is 0. The van der Waals surface area contributed by atoms with Crippen molar-refractivity contribution in [2.75, 3.05) is 24.8 Å². The van der Waals surface area contributed by atoms with Crippen molar-refractivity contribution < 1.29 is 18.7 Å². The molecule has 2 aromatic carbocycles. The minimum Gasteiger partial charge on any atom is -0.497 e. The molecule has 3 rings (SSSR count). The summed E-state index contributed by atoms with van der Waals surface area (Å²) in [7, 11) is 3.34. The Labute approximate surface area is 169 Å². The van der Waals surface area contributed by atoms with E-state index in [1.807, 2.05) is 31.2 Å². The van der Waals surface area contributed by atoms with Gasteiger partial charge in [-0.15, -0.1) is 0 Å². The monoisotopic (exact) mass is 393 g/mol. The van der Waals surface area contributed by atoms with Crippen molar-refractivity contribution in [3.05, 3.63) is 77.7 Å². The molecule has 150 valence electrons. The first-order valence-corrected chi connectivity index (χ1v) is 9.07. The highest BCUT2D eigenvalue weighted by Gasteiger charge is 2.13. The van der Waals surface area contributed by atoms with Crippen LogP contribution in [-0.4, -0.2) is 31.0 Å². The average molecular weight is 393 g/mol. The van der Waals surface area contributed by atoms with Gasteiger partial charge in [-0.25, -0.2) is 4.79 Å². The maximum atomic E-state index is 12.5. The summed E-state index contributed by atoms with van der Waals surface area (Å²) in [5, 5.41) is 5.66. The minimum absolute atomic E-state index is 0.229. The normalized spacial score (nSPS) is 10.3. The van der Waals surface area contributed by atoms with E-state index in [2.05, 4.69) is 10.6 Å². The number of urea groups is 1. The third kappa shape index (κ3) is 5.16. The SMILES string of the molecule is COc1ccc(CN(C)C(=O)Nc2ccc(NC(=O)c3ccco3)c(C)c2)cc1. The van der Waals surface area contributed by atoms with Gasteiger partial charge in [0.05, 0.1) is 13.4 Å². The van der Waals surface area contributed by atoms with Crippen molar-refractivity contribution in [3.63, 3.8) is 0 Å². The van der Waals surface area contributed by atoms with Crippen LogP contribution in [0.5, 0.6) is 5.75 Å². The second kappa shape index (κ2) is 8.97. The molecule has 0 atom stereocenters. The van der Waals surface area contributed by atoms with Crippen LogP contribution in [-0.2, 0) is 6.54 Å². The molecule has 0 spiro atoms. The van der Waals surface area contributed by atoms with Gasteiger partial charge in [-0.2, -0.15) is 0 Å². The molecular formula is C22H23N3O4. The van der Waals surface area contributed by atoms with Gasteiger partial charge in [-0.3, -0.25) is 4.79 Å². The quantitative estimate of drug-likeness (QED) is 0.645. The first kappa shape index (κ1) is 20.0. The molecule has 0 saturated heterocycles. The maximum absolute atomic E-state index is 12.5. The van der Waals surface area contributed by atoms with Crippen LogP contribution in [0.2, 0.25) is 0 Å². The molecule has 0 saturated carbocycles. The van der Waals surface area contributed by atoms with Crippen molar-refractivity contribution in [1.29, 1.82) is 0 Å². The lowest BCUT2D eigenvalue weighted by molar-refractivity contribution is 0.0996. The smallest absolute Gasteiger partial charge is 0.321 e. The summed E-state index contributed by atoms with van der Waals surface area (Å²) in [4.78, 5) is 26.2. The molecule has 0 aliphatic carbocycles. The molecule has 0 unspecified atom stereocenters. The largest absolute Gasteiger partial charge is 0.497 e. The van der Waals surface area contributed by atoms with E-state index in [1.165, 1.54) is 6.26 Å². The molecule has 2 N–H and O–H groups in total. The first-order chi connectivity index (χ1) is 14.0. The van der Waals surface area contributed by atoms with Gasteiger partial charge in [0.1, 0.15) is 5.75 Å². The van der Waals surface area contributed by atoms with E-state index in [0.717, 1.165) is 16.9 Å². The Morgan fingerprint density at radius 1 is 1.07 bits per heavy atom. The zero-order valence-electron chi connectivity index (χ0n) is 16.6. The Kier molecular flexibility index (Phi) is 6.19. The lowest BCUT2D eigenvalue weighted by Crippen LogP contribution is -2.30. The number of anilines is 2. The molecule has 29 heavy (non-hydrogen) atoms. The Morgan fingerprint density at radius 2 is 1.83 bits per heavy atom. The molecule has 1 aromatic heterocycles. The third-order valence-electron chi connectivity index (χ3n) is 4.40. The van der Waals surface area contributed by atoms with Crippen molar-refractivity contribution in [2.45, 2.75) is 13.5 Å². The summed E-state index contributed by atoms with van der Waals surface area (Å²) in [6.07, 6.45) is 1.45. The number of nitrogens with one attached hydrogen (secondary N) is 2. The molecular weight excluding hydrogens is 370 g/mol. The second-order valence-corrected chi connectivity index (χ2v) is 6.60. The Bertz CT molecular complexity index is 982. The number of carbonyl (C=O) groups is 2. The number of furan rings is 1. The van der Waals surface area contributed by atoms with Crippen molar-refractivity contribution in [3.8, 4) is 5.75 Å². The van der Waals surface area contributed by atoms with Crippen LogP contribution < -0.4 is 15.4 Å². The number of carbonyl (C=O) groups excluding carboxylic acids is 2. The molecule has 0 radical (unpaired) electrons. The van der Waals surface area contributed by atoms with E-state index < -0.39 is 0 Å². The van der Waals surface area contributed by atoms with Crippen molar-refractivity contribution >= 4 is 23.3 Å². The zero-order chi connectivity index (χ0) is 20.8. The van der Waals surface area contributed by atoms with Gasteiger partial charge in [-0.1, -0.05) is 12.1 Å². The highest BCUT2D eigenvalue weighted by Crippen LogP contribution is 2.21. The lowest BCUT2D eigenvalue weighted by atomic mass is 10.1. The maximum Gasteiger partial charge on any atom is 0.321 e. The predicted molar refractivity (Wildman–Crippen MR) is 111 cm³/mol. The Morgan fingerprint density at radius 3 is 2.45 bits per heavy atom. The average Bonchev–Trinajstić information content (AvgIpc) is 3.25. The number of methoxy groups -OCH3 is 1. The van der Waals surface area contributed by atoms with Crippen LogP contribution in [0.25, 0.3) is 0 Å². The number of benzene rings is 2. The van der Waals surface area contributed by atoms with E-state index in [0.29, 0.717) is 17.9 Å². The van der Waals surface area contributed by atoms with E-state index in [4.69, 9.17) is 9.15 Å². The zero-order valence-corrected chi connectivity index (χ0v) is 16.6. The number of hydrogen-bond acceptors (Lipinski definition) is 4. The van der Waals surface area contributed by atoms with E-state index in [9.17, 15) is 9.59 Å². The molecule has 0 bridgehead atoms. The molecule has 7 nitrogen and oxygen atoms in total. The van der Waals surface area contributed by atoms with Gasteiger partial charge in [0.15, 0.2) is 5.76 Å². The number of rotatable bonds is 6. The van der Waals surface area contributed by atoms with Crippen LogP contribution in [0.4, 0.5) is 16.2 Å². The summed E-state index contributed by atoms with van der Waals surface area (Å²) in [6.45, 7) is 2.32. The van der Waals surface area contributed by atoms with Gasteiger partial charge in [0.25, 0.3) is 5.91 Å². The fourth-order valence-corrected chi connectivity index (χ4v) is 2.77. The van der Waals surface area contributed by atoms with E-state index in [1.54, 1.807) is 49.4 Å². The topological polar surface area (TPSA) is 83.8 Å². The molecule has 0 fully saturated rings. The number of ether oxygens (including phenoxy) is 1. The number of aryl methyl sites for hydroxylation is 1. The molecule has 0 aliphatic heterocycles. The van der Waals surface area contributed by atoms with Crippen molar-refractivity contribution in [2.24, 2.45) is 0 Å². The number of nitrogens with zero attached hydrogens (tertiary/aromatic N) is 1. The van der Waals surface area contributed by atoms with Gasteiger partial charge >= 0.3 is 6.03 Å². The summed E-state index contributed by atoms with van der Waals surface area (Å²) in [5.74, 6) is 0.687. The van der Waals surface area contributed by atoms with Crippen LogP contribution in [0.3, 0.4) is 0 Å². The summed E-state index contributed by atoms with van der Waals surface area (Å²) < 4.78 is 10.2. The van der Waals surface area contributed by atoms with E-state index >= 15 is 0 Å². The fraction of sp³-hybridized carbons (Fsp3) is 0.182. The Hall–Kier alpha value is -3.74. The molecule has 3 amide bonds. The van der Waals surface area contributed by atoms with Gasteiger partial charge in [0.2, 0.25) is 0 Å². The minimum atomic E-state index is -0.325. The van der Waals surface area contributed by atoms with Crippen molar-refractivity contribution in [1.82, 2.24) is 4.90 Å². The highest BCUT2D eigenvalue weighted by molar-refractivity contribution is 6.02. The Balaban J connectivity index is 1.59. The van der Waals surface area contributed by atoms with Crippen LogP contribution in [0.1, 0.15) is 21.7 Å². The summed E-state index contributed by atoms with van der Waals surface area (Å²) in [5.41, 5.74) is 3.11. The predicted octanol–water partition coefficient (Wildman–Crippen LogP) is 4.51. The fourth-order valence-electron chi connectivity index (χ4n) is 2.77. The van der Waals surface area contributed by atoms with E-state index in [-0.39, 0.29) is 17.7 Å². The number of hydrogen-bond donors (Lipinski definition) is 2. The first-order valence-electron chi connectivity index (χ1n) is 9.07. The van der Waals surface area contributed by atoms with Gasteiger partial charge in [0, 0.05) is 25.0 Å². The standard InChI is InChI=1S/C22H23N3O4/c1-15-13-17(8-11-19(15)24-21(26)20-5-4-12-29-20)23-22(27)25(2)14-16-6-9-18(28-3)10-7-16/h4-13H,14H2,1-3H3,(H,23,27)(H,24,26). The molecule has 3 aromatic rings. The van der Waals surface area contributed by atoms with Crippen LogP contribution >= 0.6 is 0 Å². The molecule has 1 heterocycles.